The van der Waals surface area contributed by atoms with Crippen LogP contribution in [0.1, 0.15) is 16.7 Å². The molecule has 0 spiro atoms. The molecule has 0 unspecified atom stereocenters. The number of benzene rings is 3. The third-order valence-corrected chi connectivity index (χ3v) is 7.28. The molecule has 2 aliphatic heterocycles. The Morgan fingerprint density at radius 3 is 2.59 bits per heavy atom. The number of hydrogen-bond donors (Lipinski definition) is 0. The second-order valence-corrected chi connectivity index (χ2v) is 9.77. The lowest BCUT2D eigenvalue weighted by atomic mass is 10.1. The van der Waals surface area contributed by atoms with E-state index >= 15 is 0 Å². The summed E-state index contributed by atoms with van der Waals surface area (Å²) >= 11 is 13.2. The van der Waals surface area contributed by atoms with E-state index in [1.54, 1.807) is 42.5 Å². The van der Waals surface area contributed by atoms with Gasteiger partial charge in [-0.25, -0.2) is 4.39 Å². The molecule has 7 nitrogen and oxygen atoms in total. The van der Waals surface area contributed by atoms with Crippen LogP contribution in [-0.2, 0) is 17.9 Å². The van der Waals surface area contributed by atoms with E-state index in [1.807, 2.05) is 0 Å². The molecule has 0 bridgehead atoms. The number of rotatable bonds is 7. The van der Waals surface area contributed by atoms with E-state index in [1.165, 1.54) is 19.2 Å². The molecule has 11 heteroatoms. The number of amides is 2. The minimum absolute atomic E-state index is 0.0160. The highest BCUT2D eigenvalue weighted by atomic mass is 35.5. The van der Waals surface area contributed by atoms with Crippen LogP contribution < -0.4 is 18.9 Å². The first kappa shape index (κ1) is 25.3. The van der Waals surface area contributed by atoms with Crippen LogP contribution in [0.4, 0.5) is 9.18 Å². The van der Waals surface area contributed by atoms with Gasteiger partial charge in [0.2, 0.25) is 6.79 Å². The Kier molecular flexibility index (Phi) is 7.19. The minimum atomic E-state index is -0.487. The summed E-state index contributed by atoms with van der Waals surface area (Å²) in [6.07, 6.45) is 1.58. The standard InChI is InChI=1S/C26H18Cl2FNO6S/c1-33-20-6-5-14(7-21(20)34-12-16-17(27)3-2-4-19(16)29)8-24-25(31)30(26(32)37-24)11-15-9-22-23(10-18(15)28)36-13-35-22/h2-10H,11-13H2,1H3/b24-8+. The van der Waals surface area contributed by atoms with Crippen molar-refractivity contribution in [1.82, 2.24) is 4.90 Å². The summed E-state index contributed by atoms with van der Waals surface area (Å²) in [5, 5.41) is 0.176. The summed E-state index contributed by atoms with van der Waals surface area (Å²) in [6, 6.07) is 12.6. The van der Waals surface area contributed by atoms with Gasteiger partial charge in [-0.2, -0.15) is 0 Å². The van der Waals surface area contributed by atoms with Crippen molar-refractivity contribution < 1.29 is 32.9 Å². The number of thioether (sulfide) groups is 1. The zero-order chi connectivity index (χ0) is 26.1. The fourth-order valence-corrected chi connectivity index (χ4v) is 5.02. The zero-order valence-electron chi connectivity index (χ0n) is 19.3. The molecule has 2 heterocycles. The van der Waals surface area contributed by atoms with Gasteiger partial charge in [-0.05, 0) is 59.3 Å². The number of carbonyl (C=O) groups excluding carboxylic acids is 2. The first-order chi connectivity index (χ1) is 17.8. The number of halogens is 3. The molecule has 2 aliphatic rings. The van der Waals surface area contributed by atoms with Crippen molar-refractivity contribution >= 4 is 52.2 Å². The predicted molar refractivity (Wildman–Crippen MR) is 138 cm³/mol. The van der Waals surface area contributed by atoms with Gasteiger partial charge < -0.3 is 18.9 Å². The molecule has 0 aromatic heterocycles. The second kappa shape index (κ2) is 10.5. The first-order valence-corrected chi connectivity index (χ1v) is 12.5. The Hall–Kier alpha value is -3.40. The van der Waals surface area contributed by atoms with Gasteiger partial charge in [0.25, 0.3) is 11.1 Å². The molecule has 0 saturated carbocycles. The summed E-state index contributed by atoms with van der Waals surface area (Å²) in [4.78, 5) is 27.1. The van der Waals surface area contributed by atoms with Crippen LogP contribution in [0.5, 0.6) is 23.0 Å². The normalized spacial score (nSPS) is 15.6. The summed E-state index contributed by atoms with van der Waals surface area (Å²) in [7, 11) is 1.48. The number of carbonyl (C=O) groups is 2. The molecule has 5 rings (SSSR count). The lowest BCUT2D eigenvalue weighted by Gasteiger charge is -2.14. The summed E-state index contributed by atoms with van der Waals surface area (Å²) in [6.45, 7) is -0.0592. The minimum Gasteiger partial charge on any atom is -0.493 e. The Morgan fingerprint density at radius 2 is 1.84 bits per heavy atom. The average Bonchev–Trinajstić information content (AvgIpc) is 3.43. The zero-order valence-corrected chi connectivity index (χ0v) is 21.6. The van der Waals surface area contributed by atoms with E-state index in [0.29, 0.717) is 39.1 Å². The highest BCUT2D eigenvalue weighted by Gasteiger charge is 2.35. The van der Waals surface area contributed by atoms with E-state index in [9.17, 15) is 14.0 Å². The topological polar surface area (TPSA) is 74.3 Å². The van der Waals surface area contributed by atoms with Crippen LogP contribution in [0.25, 0.3) is 6.08 Å². The summed E-state index contributed by atoms with van der Waals surface area (Å²) in [5.41, 5.74) is 1.35. The maximum atomic E-state index is 14.1. The Bertz CT molecular complexity index is 1430. The van der Waals surface area contributed by atoms with Gasteiger partial charge in [-0.1, -0.05) is 35.3 Å². The third-order valence-electron chi connectivity index (χ3n) is 5.66. The van der Waals surface area contributed by atoms with Crippen LogP contribution in [-0.4, -0.2) is 29.9 Å². The Labute approximate surface area is 225 Å². The van der Waals surface area contributed by atoms with Crippen molar-refractivity contribution in [3.05, 3.63) is 86.0 Å². The fraction of sp³-hybridized carbons (Fsp3) is 0.154. The van der Waals surface area contributed by atoms with E-state index in [4.69, 9.17) is 42.1 Å². The highest BCUT2D eigenvalue weighted by Crippen LogP contribution is 2.40. The van der Waals surface area contributed by atoms with E-state index in [-0.39, 0.29) is 35.4 Å². The molecule has 1 saturated heterocycles. The van der Waals surface area contributed by atoms with Gasteiger partial charge in [0.1, 0.15) is 12.4 Å². The van der Waals surface area contributed by atoms with E-state index in [2.05, 4.69) is 0 Å². The number of imide groups is 1. The Morgan fingerprint density at radius 1 is 1.05 bits per heavy atom. The van der Waals surface area contributed by atoms with Gasteiger partial charge in [0.05, 0.1) is 23.6 Å². The van der Waals surface area contributed by atoms with Crippen LogP contribution in [0, 0.1) is 5.82 Å². The molecular weight excluding hydrogens is 544 g/mol. The molecule has 37 heavy (non-hydrogen) atoms. The maximum Gasteiger partial charge on any atom is 0.293 e. The van der Waals surface area contributed by atoms with Crippen molar-refractivity contribution in [2.24, 2.45) is 0 Å². The predicted octanol–water partition coefficient (Wildman–Crippen LogP) is 6.69. The molecule has 0 radical (unpaired) electrons. The van der Waals surface area contributed by atoms with Crippen LogP contribution in [0.15, 0.2) is 53.4 Å². The summed E-state index contributed by atoms with van der Waals surface area (Å²) in [5.74, 6) is 0.804. The van der Waals surface area contributed by atoms with Crippen molar-refractivity contribution in [2.45, 2.75) is 13.2 Å². The molecule has 3 aromatic rings. The Balaban J connectivity index is 1.35. The van der Waals surface area contributed by atoms with Gasteiger partial charge in [0.15, 0.2) is 23.0 Å². The molecule has 0 N–H and O–H groups in total. The van der Waals surface area contributed by atoms with Crippen LogP contribution in [0.2, 0.25) is 10.0 Å². The fourth-order valence-electron chi connectivity index (χ4n) is 3.75. The molecule has 1 fully saturated rings. The lowest BCUT2D eigenvalue weighted by Crippen LogP contribution is -2.27. The van der Waals surface area contributed by atoms with Crippen LogP contribution >= 0.6 is 35.0 Å². The lowest BCUT2D eigenvalue weighted by molar-refractivity contribution is -0.123. The molecule has 2 amide bonds. The molecule has 0 atom stereocenters. The highest BCUT2D eigenvalue weighted by molar-refractivity contribution is 8.18. The van der Waals surface area contributed by atoms with E-state index in [0.717, 1.165) is 16.7 Å². The molecule has 190 valence electrons. The van der Waals surface area contributed by atoms with Gasteiger partial charge >= 0.3 is 0 Å². The number of methoxy groups -OCH3 is 1. The van der Waals surface area contributed by atoms with Gasteiger partial charge in [-0.15, -0.1) is 0 Å². The van der Waals surface area contributed by atoms with Gasteiger partial charge in [0, 0.05) is 16.7 Å². The summed E-state index contributed by atoms with van der Waals surface area (Å²) < 4.78 is 36.0. The number of hydrogen-bond acceptors (Lipinski definition) is 7. The van der Waals surface area contributed by atoms with Gasteiger partial charge in [-0.3, -0.25) is 14.5 Å². The molecule has 0 aliphatic carbocycles. The molecular formula is C26H18Cl2FNO6S. The maximum absolute atomic E-state index is 14.1. The third kappa shape index (κ3) is 5.20. The van der Waals surface area contributed by atoms with Crippen molar-refractivity contribution in [3.8, 4) is 23.0 Å². The second-order valence-electron chi connectivity index (χ2n) is 7.96. The smallest absolute Gasteiger partial charge is 0.293 e. The van der Waals surface area contributed by atoms with Crippen molar-refractivity contribution in [2.75, 3.05) is 13.9 Å². The average molecular weight is 562 g/mol. The largest absolute Gasteiger partial charge is 0.493 e. The monoisotopic (exact) mass is 561 g/mol. The van der Waals surface area contributed by atoms with Crippen molar-refractivity contribution in [1.29, 1.82) is 0 Å². The number of nitrogens with zero attached hydrogens (tertiary/aromatic N) is 1. The first-order valence-electron chi connectivity index (χ1n) is 10.9. The van der Waals surface area contributed by atoms with Crippen LogP contribution in [0.3, 0.4) is 0 Å². The SMILES string of the molecule is COc1ccc(/C=C2/SC(=O)N(Cc3cc4c(cc3Cl)OCO4)C2=O)cc1OCc1c(F)cccc1Cl. The van der Waals surface area contributed by atoms with E-state index < -0.39 is 17.0 Å². The molecule has 3 aromatic carbocycles. The number of ether oxygens (including phenoxy) is 4. The number of fused-ring (bicyclic) bond motifs is 1. The quantitative estimate of drug-likeness (QED) is 0.297. The van der Waals surface area contributed by atoms with Crippen molar-refractivity contribution in [3.63, 3.8) is 0 Å².